The van der Waals surface area contributed by atoms with Crippen molar-refractivity contribution in [3.8, 4) is 0 Å². The fourth-order valence-electron chi connectivity index (χ4n) is 3.57. The maximum absolute atomic E-state index is 12.8. The van der Waals surface area contributed by atoms with Crippen molar-refractivity contribution in [3.63, 3.8) is 0 Å². The van der Waals surface area contributed by atoms with Gasteiger partial charge in [0.1, 0.15) is 16.5 Å². The van der Waals surface area contributed by atoms with Crippen LogP contribution in [0.2, 0.25) is 0 Å². The Morgan fingerprint density at radius 2 is 1.79 bits per heavy atom. The number of amides is 1. The van der Waals surface area contributed by atoms with Gasteiger partial charge in [-0.05, 0) is 57.0 Å². The molecule has 0 saturated heterocycles. The maximum atomic E-state index is 12.8. The molecule has 0 bridgehead atoms. The third-order valence-electron chi connectivity index (χ3n) is 5.00. The highest BCUT2D eigenvalue weighted by atomic mass is 32.2. The number of aromatic nitrogens is 4. The number of rotatable bonds is 7. The fourth-order valence-corrected chi connectivity index (χ4v) is 5.63. The molecule has 1 amide bonds. The van der Waals surface area contributed by atoms with Crippen LogP contribution in [0.15, 0.2) is 41.3 Å². The van der Waals surface area contributed by atoms with Crippen LogP contribution in [0.3, 0.4) is 0 Å². The van der Waals surface area contributed by atoms with Crippen molar-refractivity contribution in [1.82, 2.24) is 19.7 Å². The van der Waals surface area contributed by atoms with Gasteiger partial charge in [-0.2, -0.15) is 5.10 Å². The van der Waals surface area contributed by atoms with E-state index in [1.165, 1.54) is 23.5 Å². The molecule has 2 N–H and O–H groups in total. The Bertz CT molecular complexity index is 1450. The van der Waals surface area contributed by atoms with Crippen molar-refractivity contribution in [2.45, 2.75) is 46.1 Å². The molecule has 0 fully saturated rings. The van der Waals surface area contributed by atoms with Gasteiger partial charge in [0.25, 0.3) is 15.9 Å². The summed E-state index contributed by atoms with van der Waals surface area (Å²) < 4.78 is 29.9. The molecule has 0 atom stereocenters. The van der Waals surface area contributed by atoms with E-state index in [9.17, 15) is 13.2 Å². The number of nitrogens with zero attached hydrogens (tertiary/aromatic N) is 4. The van der Waals surface area contributed by atoms with Gasteiger partial charge in [-0.3, -0.25) is 14.2 Å². The summed E-state index contributed by atoms with van der Waals surface area (Å²) >= 11 is 1.40. The van der Waals surface area contributed by atoms with Crippen molar-refractivity contribution >= 4 is 49.0 Å². The largest absolute Gasteiger partial charge is 0.321 e. The van der Waals surface area contributed by atoms with Gasteiger partial charge in [0.2, 0.25) is 0 Å². The molecule has 9 nitrogen and oxygen atoms in total. The van der Waals surface area contributed by atoms with E-state index >= 15 is 0 Å². The molecule has 178 valence electrons. The zero-order valence-electron chi connectivity index (χ0n) is 19.6. The van der Waals surface area contributed by atoms with Crippen LogP contribution in [0.25, 0.3) is 10.2 Å². The van der Waals surface area contributed by atoms with E-state index in [0.717, 1.165) is 22.5 Å². The zero-order valence-corrected chi connectivity index (χ0v) is 21.2. The van der Waals surface area contributed by atoms with Crippen LogP contribution in [0, 0.1) is 26.7 Å². The highest BCUT2D eigenvalue weighted by molar-refractivity contribution is 7.92. The van der Waals surface area contributed by atoms with Gasteiger partial charge in [-0.25, -0.2) is 18.4 Å². The standard InChI is InChI=1S/C23H26N6O3S2/c1-13(2)12-29-23-19(15(4)27-29)11-20(33-23)22(30)26-17-6-8-18(9-7-17)34(31,32)28-21-10-14(3)24-16(5)25-21/h6-11,13H,12H2,1-5H3,(H,26,30)(H,24,25,28). The van der Waals surface area contributed by atoms with Gasteiger partial charge in [0, 0.05) is 29.4 Å². The Hall–Kier alpha value is -3.31. The first-order valence-electron chi connectivity index (χ1n) is 10.8. The molecular formula is C23H26N6O3S2. The van der Waals surface area contributed by atoms with Crippen LogP contribution >= 0.6 is 11.3 Å². The minimum atomic E-state index is -3.83. The van der Waals surface area contributed by atoms with Crippen molar-refractivity contribution in [3.05, 3.63) is 58.5 Å². The summed E-state index contributed by atoms with van der Waals surface area (Å²) in [5, 5.41) is 8.38. The number of hydrogen-bond donors (Lipinski definition) is 2. The maximum Gasteiger partial charge on any atom is 0.265 e. The number of sulfonamides is 1. The minimum absolute atomic E-state index is 0.0608. The Kier molecular flexibility index (Phi) is 6.41. The molecule has 0 aliphatic heterocycles. The summed E-state index contributed by atoms with van der Waals surface area (Å²) in [5.41, 5.74) is 2.05. The van der Waals surface area contributed by atoms with E-state index < -0.39 is 10.0 Å². The van der Waals surface area contributed by atoms with Crippen molar-refractivity contribution in [1.29, 1.82) is 0 Å². The number of fused-ring (bicyclic) bond motifs is 1. The minimum Gasteiger partial charge on any atom is -0.321 e. The molecule has 4 rings (SSSR count). The van der Waals surface area contributed by atoms with Gasteiger partial charge < -0.3 is 5.32 Å². The fraction of sp³-hybridized carbons (Fsp3) is 0.304. The average molecular weight is 499 g/mol. The molecule has 0 unspecified atom stereocenters. The number of thiophene rings is 1. The smallest absolute Gasteiger partial charge is 0.265 e. The van der Waals surface area contributed by atoms with E-state index in [0.29, 0.717) is 28.0 Å². The van der Waals surface area contributed by atoms with Gasteiger partial charge in [-0.15, -0.1) is 11.3 Å². The molecule has 34 heavy (non-hydrogen) atoms. The lowest BCUT2D eigenvalue weighted by atomic mass is 10.2. The molecule has 3 aromatic heterocycles. The third kappa shape index (κ3) is 5.10. The molecule has 0 radical (unpaired) electrons. The average Bonchev–Trinajstić information content (AvgIpc) is 3.28. The zero-order chi connectivity index (χ0) is 24.6. The first-order valence-corrected chi connectivity index (χ1v) is 13.1. The second kappa shape index (κ2) is 9.15. The van der Waals surface area contributed by atoms with Crippen molar-refractivity contribution < 1.29 is 13.2 Å². The monoisotopic (exact) mass is 498 g/mol. The van der Waals surface area contributed by atoms with Crippen LogP contribution in [0.5, 0.6) is 0 Å². The quantitative estimate of drug-likeness (QED) is 0.387. The lowest BCUT2D eigenvalue weighted by Crippen LogP contribution is -2.15. The molecule has 0 spiro atoms. The first kappa shape index (κ1) is 23.8. The lowest BCUT2D eigenvalue weighted by molar-refractivity contribution is 0.103. The summed E-state index contributed by atoms with van der Waals surface area (Å²) in [6.07, 6.45) is 0. The summed E-state index contributed by atoms with van der Waals surface area (Å²) in [6.45, 7) is 10.4. The second-order valence-electron chi connectivity index (χ2n) is 8.52. The number of hydrogen-bond acceptors (Lipinski definition) is 7. The van der Waals surface area contributed by atoms with Crippen LogP contribution in [-0.4, -0.2) is 34.1 Å². The Morgan fingerprint density at radius 3 is 2.44 bits per heavy atom. The van der Waals surface area contributed by atoms with Crippen LogP contribution in [0.4, 0.5) is 11.5 Å². The molecule has 4 aromatic rings. The van der Waals surface area contributed by atoms with Crippen LogP contribution < -0.4 is 10.0 Å². The van der Waals surface area contributed by atoms with Gasteiger partial charge >= 0.3 is 0 Å². The van der Waals surface area contributed by atoms with Crippen molar-refractivity contribution in [2.24, 2.45) is 5.92 Å². The van der Waals surface area contributed by atoms with E-state index in [-0.39, 0.29) is 16.6 Å². The van der Waals surface area contributed by atoms with Gasteiger partial charge in [0.15, 0.2) is 0 Å². The summed E-state index contributed by atoms with van der Waals surface area (Å²) in [7, 11) is -3.83. The van der Waals surface area contributed by atoms with Gasteiger partial charge in [-0.1, -0.05) is 13.8 Å². The number of anilines is 2. The molecule has 0 aliphatic carbocycles. The van der Waals surface area contributed by atoms with Crippen molar-refractivity contribution in [2.75, 3.05) is 10.0 Å². The molecule has 0 saturated carbocycles. The molecule has 3 heterocycles. The molecule has 0 aliphatic rings. The molecular weight excluding hydrogens is 472 g/mol. The highest BCUT2D eigenvalue weighted by Gasteiger charge is 2.18. The van der Waals surface area contributed by atoms with E-state index in [4.69, 9.17) is 0 Å². The summed E-state index contributed by atoms with van der Waals surface area (Å²) in [6, 6.07) is 9.40. The highest BCUT2D eigenvalue weighted by Crippen LogP contribution is 2.29. The van der Waals surface area contributed by atoms with Crippen LogP contribution in [-0.2, 0) is 16.6 Å². The van der Waals surface area contributed by atoms with E-state index in [2.05, 4.69) is 39.0 Å². The molecule has 11 heteroatoms. The number of nitrogens with one attached hydrogen (secondary N) is 2. The number of aryl methyl sites for hydroxylation is 3. The number of benzene rings is 1. The summed E-state index contributed by atoms with van der Waals surface area (Å²) in [5.74, 6) is 0.869. The Balaban J connectivity index is 1.49. The lowest BCUT2D eigenvalue weighted by Gasteiger charge is -2.09. The third-order valence-corrected chi connectivity index (χ3v) is 7.51. The Morgan fingerprint density at radius 1 is 1.09 bits per heavy atom. The van der Waals surface area contributed by atoms with Gasteiger partial charge in [0.05, 0.1) is 15.5 Å². The number of carbonyl (C=O) groups is 1. The van der Waals surface area contributed by atoms with E-state index in [1.54, 1.807) is 32.0 Å². The predicted octanol–water partition coefficient (Wildman–Crippen LogP) is 4.52. The topological polar surface area (TPSA) is 119 Å². The predicted molar refractivity (Wildman–Crippen MR) is 134 cm³/mol. The normalized spacial score (nSPS) is 11.8. The molecule has 1 aromatic carbocycles. The first-order chi connectivity index (χ1) is 16.0. The second-order valence-corrected chi connectivity index (χ2v) is 11.2. The number of carbonyl (C=O) groups excluding carboxylic acids is 1. The Labute approximate surface area is 202 Å². The van der Waals surface area contributed by atoms with Crippen LogP contribution in [0.1, 0.15) is 40.7 Å². The van der Waals surface area contributed by atoms with E-state index in [1.807, 2.05) is 17.7 Å². The summed E-state index contributed by atoms with van der Waals surface area (Å²) in [4.78, 5) is 22.7. The SMILES string of the molecule is Cc1cc(NS(=O)(=O)c2ccc(NC(=O)c3cc4c(C)nn(CC(C)C)c4s3)cc2)nc(C)n1.